The zero-order chi connectivity index (χ0) is 23.4. The number of carbonyl (C=O) groups excluding carboxylic acids is 1. The number of nitrogens with zero attached hydrogens (tertiary/aromatic N) is 5. The Balaban J connectivity index is 0.00000216. The summed E-state index contributed by atoms with van der Waals surface area (Å²) in [6, 6.07) is 7.37. The monoisotopic (exact) mass is 523 g/mol. The van der Waals surface area contributed by atoms with E-state index in [2.05, 4.69) is 35.4 Å². The van der Waals surface area contributed by atoms with Gasteiger partial charge >= 0.3 is 0 Å². The lowest BCUT2D eigenvalue weighted by atomic mass is 10.2. The van der Waals surface area contributed by atoms with Crippen molar-refractivity contribution in [3.63, 3.8) is 0 Å². The highest BCUT2D eigenvalue weighted by Gasteiger charge is 2.19. The van der Waals surface area contributed by atoms with Crippen LogP contribution in [0, 0.1) is 13.8 Å². The number of β-amino-alcohol motifs (C(OH)–C–C–N with tert-alkyl or cyclic N) is 1. The van der Waals surface area contributed by atoms with Gasteiger partial charge in [0.05, 0.1) is 23.5 Å². The summed E-state index contributed by atoms with van der Waals surface area (Å²) in [4.78, 5) is 31.0. The van der Waals surface area contributed by atoms with Crippen LogP contribution in [-0.2, 0) is 0 Å². The van der Waals surface area contributed by atoms with Crippen molar-refractivity contribution in [3.05, 3.63) is 51.7 Å². The van der Waals surface area contributed by atoms with Crippen molar-refractivity contribution in [2.75, 3.05) is 54.9 Å². The zero-order valence-electron chi connectivity index (χ0n) is 19.5. The SMILES string of the molecule is Cc1nc(Nc2ncc(C(=O)Nc3c(C)cccc3Cl)s2)cc(N2CCN(CCO)CC2)n1.O.O. The molecule has 0 bridgehead atoms. The van der Waals surface area contributed by atoms with Gasteiger partial charge in [-0.2, -0.15) is 0 Å². The molecule has 1 amide bonds. The topological polar surface area (TPSA) is 170 Å². The summed E-state index contributed by atoms with van der Waals surface area (Å²) in [5, 5.41) is 16.2. The third-order valence-corrected chi connectivity index (χ3v) is 6.59. The van der Waals surface area contributed by atoms with E-state index in [9.17, 15) is 4.79 Å². The van der Waals surface area contributed by atoms with Gasteiger partial charge in [-0.15, -0.1) is 0 Å². The highest BCUT2D eigenvalue weighted by molar-refractivity contribution is 7.17. The van der Waals surface area contributed by atoms with Crippen molar-refractivity contribution < 1.29 is 20.9 Å². The second kappa shape index (κ2) is 12.7. The first-order valence-electron chi connectivity index (χ1n) is 10.7. The van der Waals surface area contributed by atoms with Gasteiger partial charge in [0.2, 0.25) is 0 Å². The predicted molar refractivity (Wildman–Crippen MR) is 139 cm³/mol. The van der Waals surface area contributed by atoms with Crippen LogP contribution in [0.4, 0.5) is 22.5 Å². The lowest BCUT2D eigenvalue weighted by Gasteiger charge is -2.35. The number of nitrogens with one attached hydrogen (secondary N) is 2. The van der Waals surface area contributed by atoms with Gasteiger partial charge in [-0.1, -0.05) is 35.1 Å². The molecule has 0 atom stereocenters. The second-order valence-electron chi connectivity index (χ2n) is 7.75. The number of aromatic nitrogens is 3. The molecule has 0 aliphatic carbocycles. The van der Waals surface area contributed by atoms with Gasteiger partial charge < -0.3 is 31.6 Å². The predicted octanol–water partition coefficient (Wildman–Crippen LogP) is 1.66. The van der Waals surface area contributed by atoms with Crippen LogP contribution in [0.15, 0.2) is 30.5 Å². The quantitative estimate of drug-likeness (QED) is 0.419. The molecule has 1 saturated heterocycles. The van der Waals surface area contributed by atoms with Gasteiger partial charge in [-0.3, -0.25) is 9.69 Å². The maximum absolute atomic E-state index is 12.7. The molecule has 0 spiro atoms. The third-order valence-electron chi connectivity index (χ3n) is 5.36. The number of hydrogen-bond acceptors (Lipinski definition) is 9. The second-order valence-corrected chi connectivity index (χ2v) is 9.19. The number of halogens is 1. The maximum atomic E-state index is 12.7. The highest BCUT2D eigenvalue weighted by Crippen LogP contribution is 2.28. The molecule has 1 aliphatic heterocycles. The highest BCUT2D eigenvalue weighted by atomic mass is 35.5. The molecule has 0 unspecified atom stereocenters. The fourth-order valence-corrected chi connectivity index (χ4v) is 4.62. The molecule has 3 heterocycles. The Bertz CT molecular complexity index is 1120. The molecule has 0 radical (unpaired) electrons. The summed E-state index contributed by atoms with van der Waals surface area (Å²) in [6.07, 6.45) is 1.53. The van der Waals surface area contributed by atoms with Crippen molar-refractivity contribution in [2.24, 2.45) is 0 Å². The minimum absolute atomic E-state index is 0. The maximum Gasteiger partial charge on any atom is 0.267 e. The van der Waals surface area contributed by atoms with Crippen molar-refractivity contribution in [2.45, 2.75) is 13.8 Å². The van der Waals surface area contributed by atoms with E-state index in [1.54, 1.807) is 6.07 Å². The molecule has 35 heavy (non-hydrogen) atoms. The molecule has 0 saturated carbocycles. The number of aryl methyl sites for hydroxylation is 2. The van der Waals surface area contributed by atoms with Crippen LogP contribution >= 0.6 is 22.9 Å². The average molecular weight is 524 g/mol. The summed E-state index contributed by atoms with van der Waals surface area (Å²) in [7, 11) is 0. The number of anilines is 4. The molecule has 3 aromatic rings. The van der Waals surface area contributed by atoms with E-state index in [1.807, 2.05) is 32.0 Å². The zero-order valence-corrected chi connectivity index (χ0v) is 21.1. The molecular weight excluding hydrogens is 494 g/mol. The van der Waals surface area contributed by atoms with Crippen molar-refractivity contribution in [3.8, 4) is 0 Å². The number of aliphatic hydroxyl groups is 1. The first-order chi connectivity index (χ1) is 15.9. The lowest BCUT2D eigenvalue weighted by Crippen LogP contribution is -2.47. The van der Waals surface area contributed by atoms with Crippen LogP contribution in [0.3, 0.4) is 0 Å². The summed E-state index contributed by atoms with van der Waals surface area (Å²) in [5.74, 6) is 1.85. The number of thiazole rings is 1. The molecule has 7 N–H and O–H groups in total. The largest absolute Gasteiger partial charge is 0.412 e. The normalized spacial score (nSPS) is 13.5. The van der Waals surface area contributed by atoms with Crippen LogP contribution in [0.5, 0.6) is 0 Å². The van der Waals surface area contributed by atoms with Crippen LogP contribution in [0.25, 0.3) is 0 Å². The van der Waals surface area contributed by atoms with Crippen molar-refractivity contribution >= 4 is 51.3 Å². The molecule has 11 nitrogen and oxygen atoms in total. The summed E-state index contributed by atoms with van der Waals surface area (Å²) < 4.78 is 0. The Morgan fingerprint density at radius 1 is 1.17 bits per heavy atom. The Morgan fingerprint density at radius 2 is 1.91 bits per heavy atom. The van der Waals surface area contributed by atoms with Crippen LogP contribution < -0.4 is 15.5 Å². The fraction of sp³-hybridized carbons (Fsp3) is 0.364. The van der Waals surface area contributed by atoms with E-state index in [4.69, 9.17) is 16.7 Å². The molecule has 2 aromatic heterocycles. The average Bonchev–Trinajstić information content (AvgIpc) is 3.25. The lowest BCUT2D eigenvalue weighted by molar-refractivity contribution is 0.103. The Kier molecular flexibility index (Phi) is 10.3. The standard InChI is InChI=1S/C22H26ClN7O2S.2H2O/c1-14-4-3-5-16(23)20(14)28-21(32)17-13-24-22(33-17)27-18-12-19(26-15(2)25-18)30-8-6-29(7-9-30)10-11-31;;/h3-5,12-13,31H,6-11H2,1-2H3,(H,28,32)(H,24,25,26,27);2*1H2. The Labute approximate surface area is 212 Å². The third kappa shape index (κ3) is 7.07. The molecule has 1 fully saturated rings. The summed E-state index contributed by atoms with van der Waals surface area (Å²) in [5.41, 5.74) is 1.49. The molecule has 4 rings (SSSR count). The number of rotatable bonds is 7. The van der Waals surface area contributed by atoms with Gasteiger partial charge in [0.1, 0.15) is 22.3 Å². The molecule has 1 aliphatic rings. The van der Waals surface area contributed by atoms with Crippen LogP contribution in [0.2, 0.25) is 5.02 Å². The number of hydrogen-bond donors (Lipinski definition) is 3. The fourth-order valence-electron chi connectivity index (χ4n) is 3.63. The van der Waals surface area contributed by atoms with Gasteiger partial charge in [-0.25, -0.2) is 15.0 Å². The Hall–Kier alpha value is -2.87. The number of benzene rings is 1. The Morgan fingerprint density at radius 3 is 2.60 bits per heavy atom. The number of carbonyl (C=O) groups is 1. The van der Waals surface area contributed by atoms with E-state index >= 15 is 0 Å². The van der Waals surface area contributed by atoms with Gasteiger partial charge in [0.25, 0.3) is 5.91 Å². The van der Waals surface area contributed by atoms with E-state index in [0.717, 1.165) is 37.6 Å². The number of aliphatic hydroxyl groups excluding tert-OH is 1. The van der Waals surface area contributed by atoms with Crippen molar-refractivity contribution in [1.29, 1.82) is 0 Å². The van der Waals surface area contributed by atoms with Crippen LogP contribution in [0.1, 0.15) is 21.1 Å². The van der Waals surface area contributed by atoms with Gasteiger partial charge in [-0.05, 0) is 25.5 Å². The van der Waals surface area contributed by atoms with Gasteiger partial charge in [0, 0.05) is 38.8 Å². The first kappa shape index (κ1) is 28.4. The summed E-state index contributed by atoms with van der Waals surface area (Å²) in [6.45, 7) is 8.03. The molecule has 190 valence electrons. The molecular formula is C22H30ClN7O4S. The van der Waals surface area contributed by atoms with E-state index in [0.29, 0.717) is 38.9 Å². The van der Waals surface area contributed by atoms with E-state index < -0.39 is 0 Å². The van der Waals surface area contributed by atoms with Crippen LogP contribution in [-0.4, -0.2) is 81.1 Å². The minimum atomic E-state index is -0.267. The van der Waals surface area contributed by atoms with Gasteiger partial charge in [0.15, 0.2) is 5.13 Å². The smallest absolute Gasteiger partial charge is 0.267 e. The van der Waals surface area contributed by atoms with Crippen molar-refractivity contribution in [1.82, 2.24) is 19.9 Å². The first-order valence-corrected chi connectivity index (χ1v) is 11.9. The summed E-state index contributed by atoms with van der Waals surface area (Å²) >= 11 is 7.46. The molecule has 13 heteroatoms. The minimum Gasteiger partial charge on any atom is -0.412 e. The number of piperazine rings is 1. The molecule has 1 aromatic carbocycles. The number of para-hydroxylation sites is 1. The number of amides is 1. The van der Waals surface area contributed by atoms with E-state index in [1.165, 1.54) is 17.5 Å². The van der Waals surface area contributed by atoms with E-state index in [-0.39, 0.29) is 23.5 Å².